The van der Waals surface area contributed by atoms with Gasteiger partial charge in [0, 0.05) is 13.0 Å². The minimum Gasteiger partial charge on any atom is -0.481 e. The van der Waals surface area contributed by atoms with Crippen molar-refractivity contribution in [2.45, 2.75) is 71.0 Å². The highest BCUT2D eigenvalue weighted by atomic mass is 28.4. The Hall–Kier alpha value is -0.353. The van der Waals surface area contributed by atoms with Crippen LogP contribution in [0.2, 0.25) is 16.6 Å². The van der Waals surface area contributed by atoms with Crippen molar-refractivity contribution in [3.8, 4) is 0 Å². The smallest absolute Gasteiger partial charge is 0.303 e. The first-order chi connectivity index (χ1) is 7.75. The molecule has 0 spiro atoms. The van der Waals surface area contributed by atoms with Crippen LogP contribution in [0.5, 0.6) is 0 Å². The molecule has 0 heterocycles. The number of carboxylic acids is 1. The normalized spacial score (nSPS) is 12.8. The lowest BCUT2D eigenvalue weighted by molar-refractivity contribution is -0.137. The summed E-state index contributed by atoms with van der Waals surface area (Å²) in [5.41, 5.74) is 1.69. The molecule has 0 rings (SSSR count). The Kier molecular flexibility index (Phi) is 7.01. The molecule has 1 N–H and O–H groups in total. The molecule has 102 valence electrons. The van der Waals surface area contributed by atoms with Gasteiger partial charge in [-0.25, -0.2) is 0 Å². The van der Waals surface area contributed by atoms with Crippen molar-refractivity contribution in [1.29, 1.82) is 0 Å². The van der Waals surface area contributed by atoms with Crippen LogP contribution in [0.4, 0.5) is 0 Å². The van der Waals surface area contributed by atoms with E-state index >= 15 is 0 Å². The summed E-state index contributed by atoms with van der Waals surface area (Å²) in [4.78, 5) is 10.5. The van der Waals surface area contributed by atoms with E-state index < -0.39 is 14.3 Å². The molecule has 0 amide bonds. The summed E-state index contributed by atoms with van der Waals surface area (Å²) in [5.74, 6) is -0.737. The van der Waals surface area contributed by atoms with E-state index in [4.69, 9.17) is 9.53 Å². The average Bonchev–Trinajstić information content (AvgIpc) is 2.15. The third-order valence-electron chi connectivity index (χ3n) is 3.59. The van der Waals surface area contributed by atoms with Gasteiger partial charge in [-0.2, -0.15) is 0 Å². The summed E-state index contributed by atoms with van der Waals surface area (Å²) in [6, 6.07) is 0. The molecule has 0 aromatic heterocycles. The molecule has 0 aliphatic heterocycles. The number of carbonyl (C=O) groups is 1. The molecule has 0 fully saturated rings. The van der Waals surface area contributed by atoms with Gasteiger partial charge >= 0.3 is 5.97 Å². The van der Waals surface area contributed by atoms with Gasteiger partial charge in [-0.15, -0.1) is 0 Å². The largest absolute Gasteiger partial charge is 0.481 e. The van der Waals surface area contributed by atoms with Crippen LogP contribution in [-0.2, 0) is 9.22 Å². The van der Waals surface area contributed by atoms with E-state index in [9.17, 15) is 4.79 Å². The summed E-state index contributed by atoms with van der Waals surface area (Å²) in [7, 11) is -1.79. The fourth-order valence-electron chi connectivity index (χ4n) is 2.97. The van der Waals surface area contributed by atoms with Gasteiger partial charge in [-0.3, -0.25) is 4.79 Å². The standard InChI is InChI=1S/C13H28O3Si/c1-10(2)17(11(3)4,12(5)6)16-9-7-8-13(14)15/h10-12H,7-9H2,1-6H3,(H,14,15). The van der Waals surface area contributed by atoms with E-state index in [1.54, 1.807) is 0 Å². The molecular formula is C13H28O3Si. The SMILES string of the molecule is CC(C)[Si](OCCCC(=O)O)(C(C)C)C(C)C. The number of carboxylic acid groups (broad SMARTS) is 1. The minimum atomic E-state index is -1.79. The molecule has 0 aromatic rings. The molecule has 0 unspecified atom stereocenters. The second kappa shape index (κ2) is 7.16. The molecule has 0 atom stereocenters. The highest BCUT2D eigenvalue weighted by Crippen LogP contribution is 2.42. The number of aliphatic carboxylic acids is 1. The Morgan fingerprint density at radius 3 is 1.76 bits per heavy atom. The highest BCUT2D eigenvalue weighted by Gasteiger charge is 2.44. The van der Waals surface area contributed by atoms with Gasteiger partial charge in [0.15, 0.2) is 8.32 Å². The van der Waals surface area contributed by atoms with Crippen molar-refractivity contribution >= 4 is 14.3 Å². The molecule has 3 nitrogen and oxygen atoms in total. The Morgan fingerprint density at radius 2 is 1.47 bits per heavy atom. The van der Waals surface area contributed by atoms with E-state index in [0.717, 1.165) is 0 Å². The van der Waals surface area contributed by atoms with Crippen LogP contribution < -0.4 is 0 Å². The maximum absolute atomic E-state index is 10.5. The fraction of sp³-hybridized carbons (Fsp3) is 0.923. The van der Waals surface area contributed by atoms with Crippen molar-refractivity contribution < 1.29 is 14.3 Å². The van der Waals surface area contributed by atoms with Crippen molar-refractivity contribution in [1.82, 2.24) is 0 Å². The Morgan fingerprint density at radius 1 is 1.06 bits per heavy atom. The lowest BCUT2D eigenvalue weighted by atomic mass is 10.3. The third-order valence-corrected chi connectivity index (χ3v) is 9.71. The molecular weight excluding hydrogens is 232 g/mol. The lowest BCUT2D eigenvalue weighted by Gasteiger charge is -2.42. The van der Waals surface area contributed by atoms with Gasteiger partial charge in [-0.1, -0.05) is 41.5 Å². The van der Waals surface area contributed by atoms with Crippen LogP contribution in [-0.4, -0.2) is 26.0 Å². The topological polar surface area (TPSA) is 46.5 Å². The third kappa shape index (κ3) is 4.43. The molecule has 0 saturated carbocycles. The van der Waals surface area contributed by atoms with Gasteiger partial charge in [0.1, 0.15) is 0 Å². The predicted octanol–water partition coefficient (Wildman–Crippen LogP) is 4.04. The minimum absolute atomic E-state index is 0.207. The molecule has 0 aromatic carbocycles. The first-order valence-corrected chi connectivity index (χ1v) is 8.74. The highest BCUT2D eigenvalue weighted by molar-refractivity contribution is 6.77. The Balaban J connectivity index is 4.54. The summed E-state index contributed by atoms with van der Waals surface area (Å²) in [5, 5.41) is 8.63. The van der Waals surface area contributed by atoms with Crippen LogP contribution in [0, 0.1) is 0 Å². The monoisotopic (exact) mass is 260 g/mol. The first-order valence-electron chi connectivity index (χ1n) is 6.60. The zero-order valence-electron chi connectivity index (χ0n) is 12.1. The summed E-state index contributed by atoms with van der Waals surface area (Å²) >= 11 is 0. The average molecular weight is 260 g/mol. The fourth-order valence-corrected chi connectivity index (χ4v) is 8.47. The quantitative estimate of drug-likeness (QED) is 0.529. The second-order valence-corrected chi connectivity index (χ2v) is 11.1. The van der Waals surface area contributed by atoms with Gasteiger partial charge in [0.05, 0.1) is 0 Å². The number of hydrogen-bond donors (Lipinski definition) is 1. The van der Waals surface area contributed by atoms with E-state index in [-0.39, 0.29) is 6.42 Å². The Labute approximate surface area is 107 Å². The number of hydrogen-bond acceptors (Lipinski definition) is 2. The second-order valence-electron chi connectivity index (χ2n) is 5.66. The molecule has 17 heavy (non-hydrogen) atoms. The molecule has 0 saturated heterocycles. The molecule has 0 bridgehead atoms. The van der Waals surface area contributed by atoms with Gasteiger partial charge in [-0.05, 0) is 23.0 Å². The van der Waals surface area contributed by atoms with Crippen molar-refractivity contribution in [3.05, 3.63) is 0 Å². The first kappa shape index (κ1) is 16.6. The van der Waals surface area contributed by atoms with Crippen LogP contribution in [0.1, 0.15) is 54.4 Å². The maximum atomic E-state index is 10.5. The van der Waals surface area contributed by atoms with Crippen molar-refractivity contribution in [2.24, 2.45) is 0 Å². The van der Waals surface area contributed by atoms with Gasteiger partial charge < -0.3 is 9.53 Å². The van der Waals surface area contributed by atoms with Gasteiger partial charge in [0.2, 0.25) is 0 Å². The summed E-state index contributed by atoms with van der Waals surface area (Å²) in [6.07, 6.45) is 0.828. The van der Waals surface area contributed by atoms with Crippen LogP contribution in [0.3, 0.4) is 0 Å². The number of rotatable bonds is 8. The summed E-state index contributed by atoms with van der Waals surface area (Å²) in [6.45, 7) is 14.0. The molecule has 4 heteroatoms. The van der Waals surface area contributed by atoms with E-state index in [1.165, 1.54) is 0 Å². The summed E-state index contributed by atoms with van der Waals surface area (Å²) < 4.78 is 6.24. The van der Waals surface area contributed by atoms with Crippen LogP contribution >= 0.6 is 0 Å². The predicted molar refractivity (Wildman–Crippen MR) is 73.9 cm³/mol. The van der Waals surface area contributed by atoms with E-state index in [0.29, 0.717) is 29.7 Å². The molecule has 0 aliphatic carbocycles. The maximum Gasteiger partial charge on any atom is 0.303 e. The van der Waals surface area contributed by atoms with Gasteiger partial charge in [0.25, 0.3) is 0 Å². The Bertz CT molecular complexity index is 215. The van der Waals surface area contributed by atoms with Crippen molar-refractivity contribution in [2.75, 3.05) is 6.61 Å². The zero-order valence-corrected chi connectivity index (χ0v) is 13.1. The lowest BCUT2D eigenvalue weighted by Crippen LogP contribution is -2.48. The van der Waals surface area contributed by atoms with Crippen molar-refractivity contribution in [3.63, 3.8) is 0 Å². The molecule has 0 radical (unpaired) electrons. The van der Waals surface area contributed by atoms with Crippen LogP contribution in [0.25, 0.3) is 0 Å². The zero-order chi connectivity index (χ0) is 13.6. The van der Waals surface area contributed by atoms with Crippen LogP contribution in [0.15, 0.2) is 0 Å². The molecule has 0 aliphatic rings. The van der Waals surface area contributed by atoms with E-state index in [2.05, 4.69) is 41.5 Å². The van der Waals surface area contributed by atoms with E-state index in [1.807, 2.05) is 0 Å².